The second kappa shape index (κ2) is 11.5. The van der Waals surface area contributed by atoms with Crippen molar-refractivity contribution in [2.24, 2.45) is 5.92 Å². The lowest BCUT2D eigenvalue weighted by Crippen LogP contribution is -2.36. The highest BCUT2D eigenvalue weighted by atomic mass is 19.1. The number of hydrogen-bond donors (Lipinski definition) is 1. The van der Waals surface area contributed by atoms with Crippen LogP contribution in [0.3, 0.4) is 0 Å². The van der Waals surface area contributed by atoms with E-state index in [-0.39, 0.29) is 24.1 Å². The number of phenols is 1. The molecule has 4 atom stereocenters. The molecule has 2 aliphatic heterocycles. The van der Waals surface area contributed by atoms with Gasteiger partial charge < -0.3 is 24.1 Å². The van der Waals surface area contributed by atoms with Crippen LogP contribution >= 0.6 is 0 Å². The maximum atomic E-state index is 14.9. The van der Waals surface area contributed by atoms with Crippen LogP contribution in [-0.2, 0) is 23.7 Å². The van der Waals surface area contributed by atoms with Gasteiger partial charge in [-0.05, 0) is 72.6 Å². The second-order valence-electron chi connectivity index (χ2n) is 11.2. The first kappa shape index (κ1) is 30.3. The number of carbonyl (C=O) groups is 3. The molecular weight excluding hydrogens is 509 g/mol. The Morgan fingerprint density at radius 2 is 1.87 bits per heavy atom. The van der Waals surface area contributed by atoms with E-state index in [1.54, 1.807) is 73.6 Å². The number of cyclic esters (lactones) is 1. The Morgan fingerprint density at radius 3 is 2.49 bits per heavy atom. The molecule has 9 nitrogen and oxygen atoms in total. The van der Waals surface area contributed by atoms with Crippen LogP contribution in [0.2, 0.25) is 0 Å². The number of carbonyl (C=O) groups excluding carboxylic acids is 3. The third kappa shape index (κ3) is 7.24. The molecule has 1 aromatic rings. The van der Waals surface area contributed by atoms with Crippen LogP contribution in [0.1, 0.15) is 77.7 Å². The van der Waals surface area contributed by atoms with Gasteiger partial charge in [0, 0.05) is 18.5 Å². The summed E-state index contributed by atoms with van der Waals surface area (Å²) in [5.74, 6) is -4.87. The lowest BCUT2D eigenvalue weighted by Gasteiger charge is -2.27. The molecule has 0 radical (unpaired) electrons. The fraction of sp³-hybridized carbons (Fsp3) is 0.552. The number of phenolic OH excluding ortho intramolecular Hbond substituents is 1. The van der Waals surface area contributed by atoms with E-state index in [1.807, 2.05) is 0 Å². The predicted octanol–water partition coefficient (Wildman–Crippen LogP) is 5.69. The molecule has 1 amide bonds. The zero-order valence-electron chi connectivity index (χ0n) is 23.7. The number of nitrogens with zero attached hydrogens (tertiary/aromatic N) is 1. The molecule has 10 heteroatoms. The molecule has 0 saturated carbocycles. The first-order valence-corrected chi connectivity index (χ1v) is 13.0. The predicted molar refractivity (Wildman–Crippen MR) is 143 cm³/mol. The summed E-state index contributed by atoms with van der Waals surface area (Å²) in [5.41, 5.74) is -0.276. The fourth-order valence-corrected chi connectivity index (χ4v) is 4.36. The maximum Gasteiger partial charge on any atom is 0.414 e. The van der Waals surface area contributed by atoms with Crippen molar-refractivity contribution in [3.05, 3.63) is 41.2 Å². The van der Waals surface area contributed by atoms with E-state index < -0.39 is 65.0 Å². The quantitative estimate of drug-likeness (QED) is 0.470. The molecule has 39 heavy (non-hydrogen) atoms. The molecule has 2 heterocycles. The number of ketones is 1. The molecule has 2 aliphatic rings. The Labute approximate surface area is 228 Å². The third-order valence-electron chi connectivity index (χ3n) is 6.36. The molecule has 1 N–H and O–H groups in total. The zero-order chi connectivity index (χ0) is 29.3. The molecule has 0 aromatic heterocycles. The highest BCUT2D eigenvalue weighted by Gasteiger charge is 2.45. The lowest BCUT2D eigenvalue weighted by atomic mass is 9.98. The van der Waals surface area contributed by atoms with Crippen LogP contribution < -0.4 is 4.90 Å². The lowest BCUT2D eigenvalue weighted by molar-refractivity contribution is -0.153. The van der Waals surface area contributed by atoms with Crippen LogP contribution in [-0.4, -0.2) is 59.2 Å². The standard InChI is InChI=1S/C29H38FNO8/c1-9-31(27(35)39-28(4,5)6)19-14-18-11-10-12-22-25(38-29(7,8)37-22)24(33)20(30)13-16(2)17(3)36-26(34)23(18)21(32)15-19/h10-11,13-17,22,25,32H,9,12H2,1-8H3/b11-10+,20-13+/t16-,17+,22+,25+/m1/s1. The van der Waals surface area contributed by atoms with Gasteiger partial charge in [-0.15, -0.1) is 0 Å². The topological polar surface area (TPSA) is 112 Å². The Hall–Kier alpha value is -3.24. The molecule has 1 fully saturated rings. The van der Waals surface area contributed by atoms with Gasteiger partial charge in [-0.25, -0.2) is 14.0 Å². The van der Waals surface area contributed by atoms with Gasteiger partial charge in [-0.2, -0.15) is 0 Å². The summed E-state index contributed by atoms with van der Waals surface area (Å²) in [4.78, 5) is 40.3. The summed E-state index contributed by atoms with van der Waals surface area (Å²) in [6.45, 7) is 13.7. The van der Waals surface area contributed by atoms with Crippen LogP contribution in [0, 0.1) is 5.92 Å². The Morgan fingerprint density at radius 1 is 1.21 bits per heavy atom. The van der Waals surface area contributed by atoms with Crippen LogP contribution in [0.25, 0.3) is 6.08 Å². The first-order chi connectivity index (χ1) is 18.0. The minimum absolute atomic E-state index is 0.118. The first-order valence-electron chi connectivity index (χ1n) is 13.0. The van der Waals surface area contributed by atoms with Gasteiger partial charge in [0.1, 0.15) is 23.0 Å². The van der Waals surface area contributed by atoms with Gasteiger partial charge in [0.05, 0.1) is 11.8 Å². The summed E-state index contributed by atoms with van der Waals surface area (Å²) in [6.07, 6.45) is 1.01. The van der Waals surface area contributed by atoms with Crippen molar-refractivity contribution < 1.29 is 42.8 Å². The second-order valence-corrected chi connectivity index (χ2v) is 11.2. The number of benzene rings is 1. The molecular formula is C29H38FNO8. The third-order valence-corrected chi connectivity index (χ3v) is 6.36. The van der Waals surface area contributed by atoms with E-state index in [2.05, 4.69) is 0 Å². The summed E-state index contributed by atoms with van der Waals surface area (Å²) in [6, 6.07) is 2.86. The molecule has 1 aromatic carbocycles. The number of halogens is 1. The number of esters is 1. The van der Waals surface area contributed by atoms with E-state index >= 15 is 0 Å². The number of Topliss-reactive ketones (excluding diaryl/α,β-unsaturated/α-hetero) is 1. The van der Waals surface area contributed by atoms with Crippen LogP contribution in [0.5, 0.6) is 5.75 Å². The highest BCUT2D eigenvalue weighted by Crippen LogP contribution is 2.35. The van der Waals surface area contributed by atoms with Gasteiger partial charge in [0.15, 0.2) is 17.7 Å². The Bertz CT molecular complexity index is 1180. The Kier molecular flexibility index (Phi) is 8.92. The molecule has 3 rings (SSSR count). The van der Waals surface area contributed by atoms with Crippen molar-refractivity contribution in [3.8, 4) is 5.75 Å². The largest absolute Gasteiger partial charge is 0.507 e. The zero-order valence-corrected chi connectivity index (χ0v) is 23.7. The van der Waals surface area contributed by atoms with E-state index in [9.17, 15) is 23.9 Å². The minimum atomic E-state index is -1.17. The average molecular weight is 548 g/mol. The van der Waals surface area contributed by atoms with E-state index in [1.165, 1.54) is 11.0 Å². The van der Waals surface area contributed by atoms with Crippen molar-refractivity contribution in [3.63, 3.8) is 0 Å². The van der Waals surface area contributed by atoms with Gasteiger partial charge in [-0.3, -0.25) is 9.69 Å². The van der Waals surface area contributed by atoms with E-state index in [0.717, 1.165) is 6.08 Å². The number of hydrogen-bond acceptors (Lipinski definition) is 8. The normalized spacial score (nSPS) is 27.8. The highest BCUT2D eigenvalue weighted by molar-refractivity contribution is 5.99. The molecule has 1 saturated heterocycles. The summed E-state index contributed by atoms with van der Waals surface area (Å²) in [7, 11) is 0. The monoisotopic (exact) mass is 547 g/mol. The van der Waals surface area contributed by atoms with Crippen LogP contribution in [0.15, 0.2) is 30.1 Å². The maximum absolute atomic E-state index is 14.9. The fourth-order valence-electron chi connectivity index (χ4n) is 4.36. The number of anilines is 1. The number of ether oxygens (including phenoxy) is 4. The molecule has 0 unspecified atom stereocenters. The molecule has 214 valence electrons. The smallest absolute Gasteiger partial charge is 0.414 e. The van der Waals surface area contributed by atoms with E-state index in [4.69, 9.17) is 18.9 Å². The van der Waals surface area contributed by atoms with Gasteiger partial charge in [0.2, 0.25) is 5.78 Å². The van der Waals surface area contributed by atoms with Gasteiger partial charge >= 0.3 is 12.1 Å². The number of rotatable bonds is 2. The minimum Gasteiger partial charge on any atom is -0.507 e. The number of amides is 1. The van der Waals surface area contributed by atoms with Gasteiger partial charge in [-0.1, -0.05) is 19.1 Å². The summed E-state index contributed by atoms with van der Waals surface area (Å²) in [5, 5.41) is 10.9. The van der Waals surface area contributed by atoms with E-state index in [0.29, 0.717) is 5.69 Å². The SMILES string of the molecule is CCN(C(=O)OC(C)(C)C)c1cc(O)c2c(c1)/C=C/C[C@@H]1OC(C)(C)O[C@@H]1C(=O)/C(F)=C\[C@@H](C)[C@H](C)OC2=O. The van der Waals surface area contributed by atoms with Crippen molar-refractivity contribution in [2.45, 2.75) is 91.5 Å². The van der Waals surface area contributed by atoms with Crippen molar-refractivity contribution >= 4 is 29.6 Å². The molecule has 0 aliphatic carbocycles. The summed E-state index contributed by atoms with van der Waals surface area (Å²) < 4.78 is 37.6. The Balaban J connectivity index is 2.10. The summed E-state index contributed by atoms with van der Waals surface area (Å²) >= 11 is 0. The van der Waals surface area contributed by atoms with Crippen LogP contribution in [0.4, 0.5) is 14.9 Å². The number of fused-ring (bicyclic) bond motifs is 2. The van der Waals surface area contributed by atoms with Crippen molar-refractivity contribution in [2.75, 3.05) is 11.4 Å². The molecule has 0 bridgehead atoms. The van der Waals surface area contributed by atoms with Crippen molar-refractivity contribution in [1.29, 1.82) is 0 Å². The molecule has 0 spiro atoms. The average Bonchev–Trinajstić information content (AvgIpc) is 3.10. The van der Waals surface area contributed by atoms with Crippen molar-refractivity contribution in [1.82, 2.24) is 0 Å². The van der Waals surface area contributed by atoms with Gasteiger partial charge in [0.25, 0.3) is 0 Å². The number of aromatic hydroxyl groups is 1.